The summed E-state index contributed by atoms with van der Waals surface area (Å²) in [5, 5.41) is 9.32. The molecule has 1 aromatic heterocycles. The molecule has 16 heavy (non-hydrogen) atoms. The normalized spacial score (nSPS) is 10.1. The van der Waals surface area contributed by atoms with E-state index in [9.17, 15) is 4.79 Å². The summed E-state index contributed by atoms with van der Waals surface area (Å²) < 4.78 is 0. The molecule has 0 saturated heterocycles. The van der Waals surface area contributed by atoms with Crippen LogP contribution in [0.15, 0.2) is 24.5 Å². The van der Waals surface area contributed by atoms with Crippen LogP contribution in [0.2, 0.25) is 5.02 Å². The third-order valence-electron chi connectivity index (χ3n) is 2.16. The SMILES string of the molecule is Cc1c(Cl)cccc1C(=O)Nc1ncn[nH]1. The molecule has 2 N–H and O–H groups in total. The molecule has 0 bridgehead atoms. The van der Waals surface area contributed by atoms with Crippen LogP contribution in [0.25, 0.3) is 0 Å². The monoisotopic (exact) mass is 236 g/mol. The summed E-state index contributed by atoms with van der Waals surface area (Å²) in [6, 6.07) is 5.17. The Morgan fingerprint density at radius 3 is 3.00 bits per heavy atom. The van der Waals surface area contributed by atoms with Crippen molar-refractivity contribution in [2.45, 2.75) is 6.92 Å². The number of H-pyrrole nitrogens is 1. The highest BCUT2D eigenvalue weighted by Gasteiger charge is 2.11. The van der Waals surface area contributed by atoms with Crippen molar-refractivity contribution in [2.75, 3.05) is 5.32 Å². The Labute approximate surface area is 96.8 Å². The molecule has 1 amide bonds. The van der Waals surface area contributed by atoms with Gasteiger partial charge in [0.05, 0.1) is 0 Å². The minimum Gasteiger partial charge on any atom is -0.291 e. The smallest absolute Gasteiger partial charge is 0.258 e. The van der Waals surface area contributed by atoms with Crippen molar-refractivity contribution in [1.82, 2.24) is 15.2 Å². The van der Waals surface area contributed by atoms with E-state index in [2.05, 4.69) is 20.5 Å². The van der Waals surface area contributed by atoms with Crippen LogP contribution in [0.4, 0.5) is 5.95 Å². The number of hydrogen-bond donors (Lipinski definition) is 2. The second-order valence-corrected chi connectivity index (χ2v) is 3.61. The molecule has 0 unspecified atom stereocenters. The zero-order valence-electron chi connectivity index (χ0n) is 8.49. The molecular formula is C10H9ClN4O. The van der Waals surface area contributed by atoms with E-state index < -0.39 is 0 Å². The van der Waals surface area contributed by atoms with Crippen LogP contribution in [0.3, 0.4) is 0 Å². The van der Waals surface area contributed by atoms with E-state index in [4.69, 9.17) is 11.6 Å². The van der Waals surface area contributed by atoms with Gasteiger partial charge in [-0.3, -0.25) is 10.1 Å². The standard InChI is InChI=1S/C10H9ClN4O/c1-6-7(3-2-4-8(6)11)9(16)14-10-12-5-13-15-10/h2-5H,1H3,(H2,12,13,14,15,16). The van der Waals surface area contributed by atoms with E-state index in [0.29, 0.717) is 16.5 Å². The van der Waals surface area contributed by atoms with E-state index in [0.717, 1.165) is 5.56 Å². The van der Waals surface area contributed by atoms with Crippen molar-refractivity contribution in [1.29, 1.82) is 0 Å². The van der Waals surface area contributed by atoms with E-state index >= 15 is 0 Å². The van der Waals surface area contributed by atoms with Crippen molar-refractivity contribution in [3.8, 4) is 0 Å². The number of anilines is 1. The van der Waals surface area contributed by atoms with Crippen molar-refractivity contribution in [2.24, 2.45) is 0 Å². The van der Waals surface area contributed by atoms with Gasteiger partial charge >= 0.3 is 0 Å². The van der Waals surface area contributed by atoms with Crippen LogP contribution in [-0.2, 0) is 0 Å². The molecule has 0 aliphatic heterocycles. The third kappa shape index (κ3) is 2.04. The average Bonchev–Trinajstić information content (AvgIpc) is 2.74. The van der Waals surface area contributed by atoms with Crippen LogP contribution >= 0.6 is 11.6 Å². The minimum atomic E-state index is -0.267. The Morgan fingerprint density at radius 2 is 2.31 bits per heavy atom. The first kappa shape index (κ1) is 10.6. The molecule has 0 aliphatic rings. The number of aromatic nitrogens is 3. The molecule has 0 radical (unpaired) electrons. The van der Waals surface area contributed by atoms with Gasteiger partial charge in [-0.2, -0.15) is 10.1 Å². The highest BCUT2D eigenvalue weighted by Crippen LogP contribution is 2.19. The Balaban J connectivity index is 2.24. The molecule has 0 atom stereocenters. The molecule has 1 heterocycles. The van der Waals surface area contributed by atoms with Crippen molar-refractivity contribution >= 4 is 23.5 Å². The highest BCUT2D eigenvalue weighted by atomic mass is 35.5. The molecule has 0 aliphatic carbocycles. The molecule has 0 saturated carbocycles. The summed E-state index contributed by atoms with van der Waals surface area (Å²) >= 11 is 5.92. The summed E-state index contributed by atoms with van der Waals surface area (Å²) in [6.45, 7) is 1.79. The molecule has 0 fully saturated rings. The lowest BCUT2D eigenvalue weighted by molar-refractivity contribution is 0.102. The molecule has 2 rings (SSSR count). The predicted octanol–water partition coefficient (Wildman–Crippen LogP) is 2.02. The van der Waals surface area contributed by atoms with Gasteiger partial charge in [0.15, 0.2) is 0 Å². The fourth-order valence-electron chi connectivity index (χ4n) is 1.29. The lowest BCUT2D eigenvalue weighted by Crippen LogP contribution is -2.14. The fourth-order valence-corrected chi connectivity index (χ4v) is 1.47. The summed E-state index contributed by atoms with van der Waals surface area (Å²) in [5.41, 5.74) is 1.25. The Kier molecular flexibility index (Phi) is 2.87. The maximum Gasteiger partial charge on any atom is 0.258 e. The van der Waals surface area contributed by atoms with Crippen LogP contribution in [0.5, 0.6) is 0 Å². The van der Waals surface area contributed by atoms with Crippen LogP contribution < -0.4 is 5.32 Å². The first-order valence-corrected chi connectivity index (χ1v) is 4.98. The summed E-state index contributed by atoms with van der Waals surface area (Å²) in [7, 11) is 0. The first-order chi connectivity index (χ1) is 7.68. The highest BCUT2D eigenvalue weighted by molar-refractivity contribution is 6.32. The molecule has 5 nitrogen and oxygen atoms in total. The van der Waals surface area contributed by atoms with E-state index in [1.165, 1.54) is 6.33 Å². The Morgan fingerprint density at radius 1 is 1.50 bits per heavy atom. The molecule has 82 valence electrons. The van der Waals surface area contributed by atoms with Gasteiger partial charge in [0.2, 0.25) is 5.95 Å². The number of hydrogen-bond acceptors (Lipinski definition) is 3. The zero-order chi connectivity index (χ0) is 11.5. The topological polar surface area (TPSA) is 70.7 Å². The van der Waals surface area contributed by atoms with Gasteiger partial charge in [0, 0.05) is 10.6 Å². The molecular weight excluding hydrogens is 228 g/mol. The molecule has 6 heteroatoms. The maximum absolute atomic E-state index is 11.8. The summed E-state index contributed by atoms with van der Waals surface area (Å²) in [6.07, 6.45) is 1.32. The minimum absolute atomic E-state index is 0.267. The van der Waals surface area contributed by atoms with Crippen molar-refractivity contribution in [3.05, 3.63) is 40.7 Å². The third-order valence-corrected chi connectivity index (χ3v) is 2.57. The van der Waals surface area contributed by atoms with Crippen molar-refractivity contribution in [3.63, 3.8) is 0 Å². The average molecular weight is 237 g/mol. The van der Waals surface area contributed by atoms with Gasteiger partial charge in [-0.05, 0) is 24.6 Å². The lowest BCUT2D eigenvalue weighted by Gasteiger charge is -2.06. The first-order valence-electron chi connectivity index (χ1n) is 4.60. The van der Waals surface area contributed by atoms with Gasteiger partial charge in [-0.25, -0.2) is 5.10 Å². The Hall–Kier alpha value is -1.88. The number of amides is 1. The number of nitrogens with one attached hydrogen (secondary N) is 2. The number of carbonyl (C=O) groups is 1. The van der Waals surface area contributed by atoms with Crippen LogP contribution in [0.1, 0.15) is 15.9 Å². The largest absolute Gasteiger partial charge is 0.291 e. The lowest BCUT2D eigenvalue weighted by atomic mass is 10.1. The number of aromatic amines is 1. The summed E-state index contributed by atoms with van der Waals surface area (Å²) in [5.74, 6) is 0.0427. The molecule has 2 aromatic rings. The second kappa shape index (κ2) is 4.32. The van der Waals surface area contributed by atoms with Gasteiger partial charge in [-0.1, -0.05) is 17.7 Å². The predicted molar refractivity (Wildman–Crippen MR) is 60.5 cm³/mol. The Bertz CT molecular complexity index is 510. The number of rotatable bonds is 2. The van der Waals surface area contributed by atoms with Crippen LogP contribution in [0, 0.1) is 6.92 Å². The van der Waals surface area contributed by atoms with Gasteiger partial charge in [0.25, 0.3) is 5.91 Å². The van der Waals surface area contributed by atoms with Crippen LogP contribution in [-0.4, -0.2) is 21.1 Å². The van der Waals surface area contributed by atoms with Gasteiger partial charge in [0.1, 0.15) is 6.33 Å². The van der Waals surface area contributed by atoms with Gasteiger partial charge in [-0.15, -0.1) is 0 Å². The fraction of sp³-hybridized carbons (Fsp3) is 0.100. The van der Waals surface area contributed by atoms with E-state index in [1.807, 2.05) is 0 Å². The van der Waals surface area contributed by atoms with Gasteiger partial charge < -0.3 is 0 Å². The van der Waals surface area contributed by atoms with E-state index in [1.54, 1.807) is 25.1 Å². The quantitative estimate of drug-likeness (QED) is 0.838. The summed E-state index contributed by atoms with van der Waals surface area (Å²) in [4.78, 5) is 15.6. The zero-order valence-corrected chi connectivity index (χ0v) is 9.25. The number of benzene rings is 1. The molecule has 1 aromatic carbocycles. The molecule has 0 spiro atoms. The van der Waals surface area contributed by atoms with E-state index in [-0.39, 0.29) is 5.91 Å². The van der Waals surface area contributed by atoms with Crippen molar-refractivity contribution < 1.29 is 4.79 Å². The second-order valence-electron chi connectivity index (χ2n) is 3.20. The number of nitrogens with zero attached hydrogens (tertiary/aromatic N) is 2. The maximum atomic E-state index is 11.8. The number of halogens is 1. The number of carbonyl (C=O) groups excluding carboxylic acids is 1.